The Labute approximate surface area is 176 Å². The number of guanidine groups is 1. The largest absolute Gasteiger partial charge is 0.383 e. The second kappa shape index (κ2) is 12.3. The molecule has 0 aromatic rings. The minimum atomic E-state index is -3.26. The summed E-state index contributed by atoms with van der Waals surface area (Å²) in [5.41, 5.74) is -0.626. The Bertz CT molecular complexity index is 520. The van der Waals surface area contributed by atoms with Crippen molar-refractivity contribution in [1.82, 2.24) is 20.3 Å². The van der Waals surface area contributed by atoms with Crippen molar-refractivity contribution < 1.29 is 13.2 Å². The molecule has 26 heavy (non-hydrogen) atoms. The fourth-order valence-electron chi connectivity index (χ4n) is 2.85. The summed E-state index contributed by atoms with van der Waals surface area (Å²) in [6.45, 7) is 10.6. The quantitative estimate of drug-likeness (QED) is 0.242. The molecule has 0 unspecified atom stereocenters. The number of likely N-dealkylation sites (tertiary alicyclic amines) is 1. The maximum absolute atomic E-state index is 11.4. The number of hydrogen-bond acceptors (Lipinski definition) is 5. The molecule has 0 aliphatic carbocycles. The Morgan fingerprint density at radius 2 is 1.92 bits per heavy atom. The number of sulfonamides is 1. The van der Waals surface area contributed by atoms with Crippen LogP contribution in [0.1, 0.15) is 33.6 Å². The molecule has 0 aromatic carbocycles. The molecule has 0 radical (unpaired) electrons. The van der Waals surface area contributed by atoms with Gasteiger partial charge in [-0.25, -0.2) is 13.1 Å². The van der Waals surface area contributed by atoms with E-state index in [0.717, 1.165) is 51.6 Å². The van der Waals surface area contributed by atoms with Gasteiger partial charge in [0.1, 0.15) is 0 Å². The molecule has 1 rings (SSSR count). The molecule has 1 saturated heterocycles. The lowest BCUT2D eigenvalue weighted by molar-refractivity contribution is 0.128. The van der Waals surface area contributed by atoms with Crippen LogP contribution in [0.5, 0.6) is 0 Å². The van der Waals surface area contributed by atoms with Crippen LogP contribution < -0.4 is 15.4 Å². The Balaban J connectivity index is 0.00000625. The van der Waals surface area contributed by atoms with Crippen molar-refractivity contribution >= 4 is 40.0 Å². The van der Waals surface area contributed by atoms with E-state index in [4.69, 9.17) is 4.74 Å². The molecule has 8 nitrogen and oxygen atoms in total. The van der Waals surface area contributed by atoms with E-state index in [1.807, 2.05) is 20.8 Å². The van der Waals surface area contributed by atoms with E-state index < -0.39 is 15.6 Å². The van der Waals surface area contributed by atoms with Crippen LogP contribution in [0.2, 0.25) is 0 Å². The lowest BCUT2D eigenvalue weighted by Crippen LogP contribution is -2.50. The summed E-state index contributed by atoms with van der Waals surface area (Å²) in [6.07, 6.45) is 3.28. The predicted octanol–water partition coefficient (Wildman–Crippen LogP) is 0.598. The van der Waals surface area contributed by atoms with Crippen molar-refractivity contribution in [3.63, 3.8) is 0 Å². The van der Waals surface area contributed by atoms with Crippen LogP contribution in [0, 0.1) is 0 Å². The second-order valence-electron chi connectivity index (χ2n) is 7.21. The van der Waals surface area contributed by atoms with Crippen LogP contribution >= 0.6 is 24.0 Å². The van der Waals surface area contributed by atoms with Gasteiger partial charge in [0.15, 0.2) is 5.96 Å². The number of hydrogen-bond donors (Lipinski definition) is 3. The van der Waals surface area contributed by atoms with Crippen molar-refractivity contribution in [1.29, 1.82) is 0 Å². The second-order valence-corrected chi connectivity index (χ2v) is 8.95. The SMILES string of the molecule is CCNC(=NCC(C)(C)NS(C)(=O)=O)NC1CCN(CCOC)CC1.I. The number of rotatable bonds is 9. The van der Waals surface area contributed by atoms with Gasteiger partial charge in [0.2, 0.25) is 10.0 Å². The molecule has 1 aliphatic heterocycles. The van der Waals surface area contributed by atoms with Crippen LogP contribution in [0.15, 0.2) is 4.99 Å². The number of halogens is 1. The molecule has 1 heterocycles. The van der Waals surface area contributed by atoms with Gasteiger partial charge in [0.25, 0.3) is 0 Å². The molecular weight excluding hydrogens is 469 g/mol. The van der Waals surface area contributed by atoms with Gasteiger partial charge in [-0.2, -0.15) is 0 Å². The lowest BCUT2D eigenvalue weighted by atomic mass is 10.1. The molecule has 0 spiro atoms. The fourth-order valence-corrected chi connectivity index (χ4v) is 3.91. The van der Waals surface area contributed by atoms with Gasteiger partial charge in [-0.3, -0.25) is 4.99 Å². The zero-order valence-electron chi connectivity index (χ0n) is 16.7. The minimum absolute atomic E-state index is 0. The molecule has 0 bridgehead atoms. The van der Waals surface area contributed by atoms with E-state index in [0.29, 0.717) is 12.6 Å². The Hall–Kier alpha value is -0.170. The average molecular weight is 505 g/mol. The van der Waals surface area contributed by atoms with E-state index in [1.165, 1.54) is 6.26 Å². The summed E-state index contributed by atoms with van der Waals surface area (Å²) < 4.78 is 30.6. The van der Waals surface area contributed by atoms with E-state index in [1.54, 1.807) is 7.11 Å². The number of ether oxygens (including phenoxy) is 1. The van der Waals surface area contributed by atoms with Crippen molar-refractivity contribution in [2.45, 2.75) is 45.2 Å². The van der Waals surface area contributed by atoms with Gasteiger partial charge in [-0.1, -0.05) is 0 Å². The molecule has 1 aliphatic rings. The lowest BCUT2D eigenvalue weighted by Gasteiger charge is -2.33. The summed E-state index contributed by atoms with van der Waals surface area (Å²) in [5.74, 6) is 0.737. The van der Waals surface area contributed by atoms with Crippen molar-refractivity contribution in [2.24, 2.45) is 4.99 Å². The summed E-state index contributed by atoms with van der Waals surface area (Å²) in [6, 6.07) is 0.377. The first-order chi connectivity index (χ1) is 11.6. The first-order valence-corrected chi connectivity index (χ1v) is 10.8. The summed E-state index contributed by atoms with van der Waals surface area (Å²) in [7, 11) is -1.53. The first-order valence-electron chi connectivity index (χ1n) is 8.90. The minimum Gasteiger partial charge on any atom is -0.383 e. The van der Waals surface area contributed by atoms with Gasteiger partial charge in [-0.05, 0) is 33.6 Å². The van der Waals surface area contributed by atoms with Crippen LogP contribution in [0.25, 0.3) is 0 Å². The summed E-state index contributed by atoms with van der Waals surface area (Å²) in [4.78, 5) is 6.97. The van der Waals surface area contributed by atoms with Crippen LogP contribution in [0.3, 0.4) is 0 Å². The smallest absolute Gasteiger partial charge is 0.209 e. The highest BCUT2D eigenvalue weighted by Gasteiger charge is 2.23. The monoisotopic (exact) mass is 505 g/mol. The molecule has 0 saturated carbocycles. The van der Waals surface area contributed by atoms with E-state index in [-0.39, 0.29) is 24.0 Å². The number of nitrogens with zero attached hydrogens (tertiary/aromatic N) is 2. The van der Waals surface area contributed by atoms with Gasteiger partial charge in [0, 0.05) is 44.9 Å². The summed E-state index contributed by atoms with van der Waals surface area (Å²) >= 11 is 0. The third kappa shape index (κ3) is 11.5. The zero-order valence-corrected chi connectivity index (χ0v) is 19.8. The zero-order chi connectivity index (χ0) is 18.9. The van der Waals surface area contributed by atoms with Crippen LogP contribution in [-0.4, -0.2) is 83.6 Å². The molecule has 1 fully saturated rings. The van der Waals surface area contributed by atoms with Gasteiger partial charge >= 0.3 is 0 Å². The topological polar surface area (TPSA) is 95.1 Å². The number of piperidine rings is 1. The average Bonchev–Trinajstić information content (AvgIpc) is 2.50. The fraction of sp³-hybridized carbons (Fsp3) is 0.938. The Kier molecular flexibility index (Phi) is 12.2. The van der Waals surface area contributed by atoms with Gasteiger partial charge in [0.05, 0.1) is 19.4 Å². The highest BCUT2D eigenvalue weighted by Crippen LogP contribution is 2.10. The van der Waals surface area contributed by atoms with E-state index >= 15 is 0 Å². The third-order valence-corrected chi connectivity index (χ3v) is 4.90. The van der Waals surface area contributed by atoms with Crippen molar-refractivity contribution in [3.8, 4) is 0 Å². The highest BCUT2D eigenvalue weighted by molar-refractivity contribution is 14.0. The maximum atomic E-state index is 11.4. The summed E-state index contributed by atoms with van der Waals surface area (Å²) in [5, 5.41) is 6.71. The molecular formula is C16H36IN5O3S. The molecule has 10 heteroatoms. The van der Waals surface area contributed by atoms with Crippen LogP contribution in [0.4, 0.5) is 0 Å². The number of methoxy groups -OCH3 is 1. The Morgan fingerprint density at radius 1 is 1.31 bits per heavy atom. The van der Waals surface area contributed by atoms with Crippen LogP contribution in [-0.2, 0) is 14.8 Å². The highest BCUT2D eigenvalue weighted by atomic mass is 127. The number of nitrogens with one attached hydrogen (secondary N) is 3. The molecule has 0 amide bonds. The molecule has 0 aromatic heterocycles. The van der Waals surface area contributed by atoms with Gasteiger partial charge in [-0.15, -0.1) is 24.0 Å². The molecule has 156 valence electrons. The molecule has 3 N–H and O–H groups in total. The Morgan fingerprint density at radius 3 is 2.42 bits per heavy atom. The van der Waals surface area contributed by atoms with Gasteiger partial charge < -0.3 is 20.3 Å². The van der Waals surface area contributed by atoms with Crippen molar-refractivity contribution in [2.75, 3.05) is 52.7 Å². The standard InChI is InChI=1S/C16H35N5O3S.HI/c1-6-17-15(18-13-16(2,3)20-25(5,22)23)19-14-7-9-21(10-8-14)11-12-24-4;/h14,20H,6-13H2,1-5H3,(H2,17,18,19);1H. The predicted molar refractivity (Wildman–Crippen MR) is 118 cm³/mol. The third-order valence-electron chi connectivity index (χ3n) is 3.98. The first kappa shape index (κ1) is 25.8. The van der Waals surface area contributed by atoms with E-state index in [2.05, 4.69) is 25.2 Å². The number of aliphatic imine (C=N–C) groups is 1. The normalized spacial score (nSPS) is 17.7. The van der Waals surface area contributed by atoms with Crippen molar-refractivity contribution in [3.05, 3.63) is 0 Å². The molecule has 0 atom stereocenters. The van der Waals surface area contributed by atoms with E-state index in [9.17, 15) is 8.42 Å². The maximum Gasteiger partial charge on any atom is 0.209 e.